The molecule has 1 aromatic rings. The summed E-state index contributed by atoms with van der Waals surface area (Å²) in [6.45, 7) is 3.61. The third-order valence-corrected chi connectivity index (χ3v) is 5.45. The Hall–Kier alpha value is -1.05. The summed E-state index contributed by atoms with van der Waals surface area (Å²) in [6.07, 6.45) is 0. The highest BCUT2D eigenvalue weighted by atomic mass is 32.2. The van der Waals surface area contributed by atoms with E-state index in [-0.39, 0.29) is 4.90 Å². The van der Waals surface area contributed by atoms with Crippen LogP contribution in [0.15, 0.2) is 34.1 Å². The second-order valence-electron chi connectivity index (χ2n) is 4.00. The molecule has 0 amide bonds. The van der Waals surface area contributed by atoms with Gasteiger partial charge in [-0.15, -0.1) is 11.8 Å². The Bertz CT molecular complexity index is 542. The van der Waals surface area contributed by atoms with Gasteiger partial charge in [0, 0.05) is 17.2 Å². The van der Waals surface area contributed by atoms with E-state index in [1.165, 1.54) is 17.8 Å². The molecule has 0 heterocycles. The Morgan fingerprint density at radius 1 is 1.42 bits per heavy atom. The molecule has 5 nitrogen and oxygen atoms in total. The Morgan fingerprint density at radius 3 is 2.63 bits per heavy atom. The van der Waals surface area contributed by atoms with Crippen molar-refractivity contribution >= 4 is 27.8 Å². The number of sulfonamides is 1. The molecule has 0 aliphatic heterocycles. The fraction of sp³-hybridized carbons (Fsp3) is 0.417. The zero-order chi connectivity index (χ0) is 14.5. The summed E-state index contributed by atoms with van der Waals surface area (Å²) in [7, 11) is -3.53. The highest BCUT2D eigenvalue weighted by Gasteiger charge is 2.19. The Morgan fingerprint density at radius 2 is 2.05 bits per heavy atom. The molecule has 0 aliphatic carbocycles. The largest absolute Gasteiger partial charge is 0.481 e. The van der Waals surface area contributed by atoms with Crippen molar-refractivity contribution in [2.75, 3.05) is 12.3 Å². The molecular weight excluding hydrogens is 286 g/mol. The third kappa shape index (κ3) is 4.52. The molecule has 106 valence electrons. The number of aliphatic carboxylic acids is 1. The number of carboxylic acid groups (broad SMARTS) is 1. The number of nitrogens with one attached hydrogen (secondary N) is 1. The average molecular weight is 303 g/mol. The van der Waals surface area contributed by atoms with Gasteiger partial charge < -0.3 is 5.11 Å². The fourth-order valence-electron chi connectivity index (χ4n) is 1.35. The zero-order valence-electron chi connectivity index (χ0n) is 10.8. The van der Waals surface area contributed by atoms with Crippen LogP contribution in [0, 0.1) is 5.92 Å². The van der Waals surface area contributed by atoms with Crippen molar-refractivity contribution in [3.63, 3.8) is 0 Å². The quantitative estimate of drug-likeness (QED) is 0.750. The number of carboxylic acids is 1. The average Bonchev–Trinajstić information content (AvgIpc) is 2.36. The number of rotatable bonds is 7. The normalized spacial score (nSPS) is 13.2. The predicted molar refractivity (Wildman–Crippen MR) is 74.8 cm³/mol. The van der Waals surface area contributed by atoms with E-state index < -0.39 is 21.9 Å². The van der Waals surface area contributed by atoms with Crippen LogP contribution in [-0.4, -0.2) is 31.8 Å². The van der Waals surface area contributed by atoms with Gasteiger partial charge in [0.25, 0.3) is 0 Å². The summed E-state index contributed by atoms with van der Waals surface area (Å²) < 4.78 is 26.4. The molecule has 0 saturated heterocycles. The summed E-state index contributed by atoms with van der Waals surface area (Å²) in [5.41, 5.74) is 0. The van der Waals surface area contributed by atoms with Crippen molar-refractivity contribution in [3.05, 3.63) is 24.3 Å². The maximum atomic E-state index is 12.0. The molecule has 0 aromatic heterocycles. The minimum atomic E-state index is -3.53. The Balaban J connectivity index is 2.94. The minimum Gasteiger partial charge on any atom is -0.481 e. The lowest BCUT2D eigenvalue weighted by Crippen LogP contribution is -2.23. The monoisotopic (exact) mass is 303 g/mol. The molecule has 0 spiro atoms. The van der Waals surface area contributed by atoms with Gasteiger partial charge in [0.15, 0.2) is 0 Å². The summed E-state index contributed by atoms with van der Waals surface area (Å²) in [4.78, 5) is 11.5. The van der Waals surface area contributed by atoms with E-state index in [1.54, 1.807) is 32.0 Å². The van der Waals surface area contributed by atoms with E-state index in [2.05, 4.69) is 4.72 Å². The lowest BCUT2D eigenvalue weighted by Gasteiger charge is -2.11. The molecule has 0 fully saturated rings. The topological polar surface area (TPSA) is 83.5 Å². The van der Waals surface area contributed by atoms with Gasteiger partial charge in [-0.25, -0.2) is 13.1 Å². The highest BCUT2D eigenvalue weighted by molar-refractivity contribution is 8.00. The maximum Gasteiger partial charge on any atom is 0.307 e. The second kappa shape index (κ2) is 6.93. The van der Waals surface area contributed by atoms with E-state index in [0.29, 0.717) is 17.2 Å². The Kier molecular flexibility index (Phi) is 5.84. The molecule has 1 aromatic carbocycles. The number of carbonyl (C=O) groups is 1. The Labute approximate surface area is 117 Å². The molecule has 0 radical (unpaired) electrons. The lowest BCUT2D eigenvalue weighted by atomic mass is 10.2. The van der Waals surface area contributed by atoms with Crippen LogP contribution < -0.4 is 4.72 Å². The number of thioether (sulfide) groups is 1. The van der Waals surface area contributed by atoms with Crippen LogP contribution in [0.1, 0.15) is 13.8 Å². The van der Waals surface area contributed by atoms with Gasteiger partial charge in [0.1, 0.15) is 0 Å². The molecule has 19 heavy (non-hydrogen) atoms. The van der Waals surface area contributed by atoms with Gasteiger partial charge >= 0.3 is 5.97 Å². The smallest absolute Gasteiger partial charge is 0.307 e. The van der Waals surface area contributed by atoms with Crippen LogP contribution in [-0.2, 0) is 14.8 Å². The van der Waals surface area contributed by atoms with E-state index in [1.807, 2.05) is 0 Å². The lowest BCUT2D eigenvalue weighted by molar-refractivity contribution is -0.140. The summed E-state index contributed by atoms with van der Waals surface area (Å²) >= 11 is 1.24. The first-order chi connectivity index (χ1) is 8.88. The molecule has 7 heteroatoms. The summed E-state index contributed by atoms with van der Waals surface area (Å²) in [5, 5.41) is 8.83. The molecular formula is C12H17NO4S2. The summed E-state index contributed by atoms with van der Waals surface area (Å²) in [5.74, 6) is -1.09. The summed E-state index contributed by atoms with van der Waals surface area (Å²) in [6, 6.07) is 6.59. The maximum absolute atomic E-state index is 12.0. The molecule has 0 saturated carbocycles. The van der Waals surface area contributed by atoms with Crippen LogP contribution in [0.25, 0.3) is 0 Å². The van der Waals surface area contributed by atoms with Crippen molar-refractivity contribution in [1.82, 2.24) is 4.72 Å². The predicted octanol–water partition coefficient (Wildman–Crippen LogP) is 1.80. The highest BCUT2D eigenvalue weighted by Crippen LogP contribution is 2.27. The van der Waals surface area contributed by atoms with Gasteiger partial charge in [-0.2, -0.15) is 0 Å². The van der Waals surface area contributed by atoms with Crippen LogP contribution in [0.4, 0.5) is 0 Å². The number of hydrogen-bond acceptors (Lipinski definition) is 4. The van der Waals surface area contributed by atoms with Crippen molar-refractivity contribution in [2.24, 2.45) is 5.92 Å². The first-order valence-electron chi connectivity index (χ1n) is 5.82. The van der Waals surface area contributed by atoms with Crippen LogP contribution >= 0.6 is 11.8 Å². The van der Waals surface area contributed by atoms with Crippen LogP contribution in [0.3, 0.4) is 0 Å². The van der Waals surface area contributed by atoms with E-state index in [9.17, 15) is 13.2 Å². The van der Waals surface area contributed by atoms with Gasteiger partial charge in [-0.05, 0) is 12.1 Å². The van der Waals surface area contributed by atoms with Crippen molar-refractivity contribution in [3.8, 4) is 0 Å². The van der Waals surface area contributed by atoms with E-state index >= 15 is 0 Å². The van der Waals surface area contributed by atoms with Gasteiger partial charge in [0.2, 0.25) is 10.0 Å². The number of benzene rings is 1. The zero-order valence-corrected chi connectivity index (χ0v) is 12.4. The molecule has 0 bridgehead atoms. The standard InChI is InChI=1S/C12H17NO4S2/c1-3-13-19(16,17)11-7-5-4-6-10(11)18-8-9(2)12(14)15/h4-7,9,13H,3,8H2,1-2H3,(H,14,15). The van der Waals surface area contributed by atoms with Crippen molar-refractivity contribution in [2.45, 2.75) is 23.6 Å². The SMILES string of the molecule is CCNS(=O)(=O)c1ccccc1SCC(C)C(=O)O. The molecule has 2 N–H and O–H groups in total. The molecule has 0 aliphatic rings. The third-order valence-electron chi connectivity index (χ3n) is 2.38. The fourth-order valence-corrected chi connectivity index (χ4v) is 3.93. The van der Waals surface area contributed by atoms with Crippen molar-refractivity contribution < 1.29 is 18.3 Å². The van der Waals surface area contributed by atoms with Gasteiger partial charge in [0.05, 0.1) is 10.8 Å². The minimum absolute atomic E-state index is 0.194. The molecule has 1 rings (SSSR count). The van der Waals surface area contributed by atoms with Gasteiger partial charge in [-0.1, -0.05) is 26.0 Å². The van der Waals surface area contributed by atoms with Gasteiger partial charge in [-0.3, -0.25) is 4.79 Å². The molecule has 1 unspecified atom stereocenters. The first kappa shape index (κ1) is 16.0. The molecule has 1 atom stereocenters. The van der Waals surface area contributed by atoms with Crippen molar-refractivity contribution in [1.29, 1.82) is 0 Å². The van der Waals surface area contributed by atoms with E-state index in [4.69, 9.17) is 5.11 Å². The van der Waals surface area contributed by atoms with E-state index in [0.717, 1.165) is 0 Å². The second-order valence-corrected chi connectivity index (χ2v) is 6.80. The van der Waals surface area contributed by atoms with Crippen LogP contribution in [0.2, 0.25) is 0 Å². The first-order valence-corrected chi connectivity index (χ1v) is 8.29. The van der Waals surface area contributed by atoms with Crippen LogP contribution in [0.5, 0.6) is 0 Å². The number of hydrogen-bond donors (Lipinski definition) is 2.